The molecular formula is C15H13FN2O3S. The van der Waals surface area contributed by atoms with Crippen molar-refractivity contribution in [1.82, 2.24) is 0 Å². The lowest BCUT2D eigenvalue weighted by atomic mass is 10.2. The quantitative estimate of drug-likeness (QED) is 0.498. The minimum Gasteiger partial charge on any atom is -0.320 e. The standard InChI is InChI=1S/C15H13FN2O3S/c16-11-5-1-4-8-14(11)22-10-9-15(19)17-12-6-2-3-7-13(12)18(20)21/h1-8H,9-10H2,(H,17,19). The maximum absolute atomic E-state index is 13.4. The molecule has 22 heavy (non-hydrogen) atoms. The molecule has 0 heterocycles. The number of amides is 1. The van der Waals surface area contributed by atoms with E-state index >= 15 is 0 Å². The van der Waals surface area contributed by atoms with Gasteiger partial charge in [0.2, 0.25) is 5.91 Å². The first-order valence-electron chi connectivity index (χ1n) is 6.48. The molecule has 0 atom stereocenters. The number of rotatable bonds is 6. The Morgan fingerprint density at radius 1 is 1.18 bits per heavy atom. The largest absolute Gasteiger partial charge is 0.320 e. The van der Waals surface area contributed by atoms with Crippen molar-refractivity contribution in [3.05, 3.63) is 64.5 Å². The summed E-state index contributed by atoms with van der Waals surface area (Å²) in [5.74, 6) is -0.294. The van der Waals surface area contributed by atoms with Gasteiger partial charge in [0.15, 0.2) is 0 Å². The monoisotopic (exact) mass is 320 g/mol. The van der Waals surface area contributed by atoms with E-state index in [2.05, 4.69) is 5.32 Å². The van der Waals surface area contributed by atoms with Crippen LogP contribution in [0.5, 0.6) is 0 Å². The average Bonchev–Trinajstić information content (AvgIpc) is 2.49. The molecule has 0 aliphatic rings. The van der Waals surface area contributed by atoms with E-state index in [4.69, 9.17) is 0 Å². The summed E-state index contributed by atoms with van der Waals surface area (Å²) in [7, 11) is 0. The molecule has 1 N–H and O–H groups in total. The third-order valence-electron chi connectivity index (χ3n) is 2.80. The summed E-state index contributed by atoms with van der Waals surface area (Å²) >= 11 is 1.23. The molecule has 2 aromatic carbocycles. The first-order chi connectivity index (χ1) is 10.6. The Bertz CT molecular complexity index is 694. The first-order valence-corrected chi connectivity index (χ1v) is 7.47. The highest BCUT2D eigenvalue weighted by molar-refractivity contribution is 7.99. The molecule has 0 radical (unpaired) electrons. The topological polar surface area (TPSA) is 72.2 Å². The van der Waals surface area contributed by atoms with Gasteiger partial charge in [-0.05, 0) is 18.2 Å². The van der Waals surface area contributed by atoms with Gasteiger partial charge >= 0.3 is 0 Å². The van der Waals surface area contributed by atoms with Crippen LogP contribution in [0.25, 0.3) is 0 Å². The number of halogens is 1. The van der Waals surface area contributed by atoms with E-state index in [9.17, 15) is 19.3 Å². The Morgan fingerprint density at radius 3 is 2.59 bits per heavy atom. The van der Waals surface area contributed by atoms with Gasteiger partial charge in [0.1, 0.15) is 11.5 Å². The summed E-state index contributed by atoms with van der Waals surface area (Å²) in [6.07, 6.45) is 0.130. The molecule has 7 heteroatoms. The van der Waals surface area contributed by atoms with Crippen molar-refractivity contribution in [3.63, 3.8) is 0 Å². The number of thioether (sulfide) groups is 1. The van der Waals surface area contributed by atoms with E-state index in [0.29, 0.717) is 10.6 Å². The fourth-order valence-corrected chi connectivity index (χ4v) is 2.65. The molecule has 114 valence electrons. The van der Waals surface area contributed by atoms with E-state index in [-0.39, 0.29) is 29.5 Å². The fourth-order valence-electron chi connectivity index (χ4n) is 1.77. The van der Waals surface area contributed by atoms with E-state index in [1.165, 1.54) is 36.0 Å². The normalized spacial score (nSPS) is 10.2. The van der Waals surface area contributed by atoms with Crippen LogP contribution >= 0.6 is 11.8 Å². The number of para-hydroxylation sites is 2. The molecule has 0 aromatic heterocycles. The predicted octanol–water partition coefficient (Wildman–Crippen LogP) is 3.85. The van der Waals surface area contributed by atoms with Crippen LogP contribution in [0.4, 0.5) is 15.8 Å². The lowest BCUT2D eigenvalue weighted by Crippen LogP contribution is -2.13. The number of anilines is 1. The number of nitro groups is 1. The van der Waals surface area contributed by atoms with Crippen molar-refractivity contribution in [2.75, 3.05) is 11.1 Å². The van der Waals surface area contributed by atoms with Gasteiger partial charge in [-0.3, -0.25) is 14.9 Å². The van der Waals surface area contributed by atoms with Crippen molar-refractivity contribution in [2.45, 2.75) is 11.3 Å². The lowest BCUT2D eigenvalue weighted by Gasteiger charge is -2.06. The number of carbonyl (C=O) groups excluding carboxylic acids is 1. The third-order valence-corrected chi connectivity index (χ3v) is 3.85. The number of hydrogen-bond acceptors (Lipinski definition) is 4. The molecule has 0 aliphatic heterocycles. The first kappa shape index (κ1) is 16.0. The van der Waals surface area contributed by atoms with E-state index in [0.717, 1.165) is 0 Å². The van der Waals surface area contributed by atoms with Crippen molar-refractivity contribution < 1.29 is 14.1 Å². The summed E-state index contributed by atoms with van der Waals surface area (Å²) in [6, 6.07) is 12.2. The Balaban J connectivity index is 1.89. The van der Waals surface area contributed by atoms with Crippen LogP contribution in [0, 0.1) is 15.9 Å². The number of nitrogens with one attached hydrogen (secondary N) is 1. The van der Waals surface area contributed by atoms with Gasteiger partial charge < -0.3 is 5.32 Å². The smallest absolute Gasteiger partial charge is 0.292 e. The molecule has 0 fully saturated rings. The van der Waals surface area contributed by atoms with Gasteiger partial charge in [-0.1, -0.05) is 24.3 Å². The van der Waals surface area contributed by atoms with Gasteiger partial charge in [-0.15, -0.1) is 11.8 Å². The highest BCUT2D eigenvalue weighted by Crippen LogP contribution is 2.24. The second kappa shape index (κ2) is 7.56. The summed E-state index contributed by atoms with van der Waals surface area (Å²) < 4.78 is 13.4. The maximum Gasteiger partial charge on any atom is 0.292 e. The predicted molar refractivity (Wildman–Crippen MR) is 83.5 cm³/mol. The zero-order valence-electron chi connectivity index (χ0n) is 11.5. The third kappa shape index (κ3) is 4.29. The minimum atomic E-state index is -0.552. The summed E-state index contributed by atoms with van der Waals surface area (Å²) in [4.78, 5) is 22.6. The molecule has 5 nitrogen and oxygen atoms in total. The Kier molecular flexibility index (Phi) is 5.48. The number of nitro benzene ring substituents is 1. The molecule has 0 saturated carbocycles. The zero-order chi connectivity index (χ0) is 15.9. The van der Waals surface area contributed by atoms with Crippen molar-refractivity contribution in [1.29, 1.82) is 0 Å². The van der Waals surface area contributed by atoms with E-state index in [1.807, 2.05) is 0 Å². The average molecular weight is 320 g/mol. The molecule has 2 aromatic rings. The maximum atomic E-state index is 13.4. The van der Waals surface area contributed by atoms with E-state index in [1.54, 1.807) is 24.3 Å². The van der Waals surface area contributed by atoms with Crippen LogP contribution in [-0.4, -0.2) is 16.6 Å². The number of hydrogen-bond donors (Lipinski definition) is 1. The van der Waals surface area contributed by atoms with Crippen LogP contribution < -0.4 is 5.32 Å². The lowest BCUT2D eigenvalue weighted by molar-refractivity contribution is -0.383. The number of carbonyl (C=O) groups is 1. The van der Waals surface area contributed by atoms with Crippen LogP contribution in [0.15, 0.2) is 53.4 Å². The van der Waals surface area contributed by atoms with Crippen LogP contribution in [0.2, 0.25) is 0 Å². The van der Waals surface area contributed by atoms with Gasteiger partial charge in [-0.25, -0.2) is 4.39 Å². The molecule has 0 spiro atoms. The SMILES string of the molecule is O=C(CCSc1ccccc1F)Nc1ccccc1[N+](=O)[O-]. The second-order valence-electron chi connectivity index (χ2n) is 4.35. The summed E-state index contributed by atoms with van der Waals surface area (Å²) in [6.45, 7) is 0. The van der Waals surface area contributed by atoms with Crippen LogP contribution in [-0.2, 0) is 4.79 Å². The molecule has 1 amide bonds. The molecular weight excluding hydrogens is 307 g/mol. The van der Waals surface area contributed by atoms with Crippen molar-refractivity contribution in [3.8, 4) is 0 Å². The van der Waals surface area contributed by atoms with E-state index < -0.39 is 4.92 Å². The Hall–Kier alpha value is -2.41. The fraction of sp³-hybridized carbons (Fsp3) is 0.133. The highest BCUT2D eigenvalue weighted by atomic mass is 32.2. The van der Waals surface area contributed by atoms with Crippen LogP contribution in [0.1, 0.15) is 6.42 Å². The number of nitrogens with zero attached hydrogens (tertiary/aromatic N) is 1. The summed E-state index contributed by atoms with van der Waals surface area (Å²) in [5, 5.41) is 13.4. The Labute approximate surface area is 130 Å². The second-order valence-corrected chi connectivity index (χ2v) is 5.49. The highest BCUT2D eigenvalue weighted by Gasteiger charge is 2.14. The summed E-state index contributed by atoms with van der Waals surface area (Å²) in [5.41, 5.74) is 0.00555. The molecule has 2 rings (SSSR count). The molecule has 0 bridgehead atoms. The van der Waals surface area contributed by atoms with Gasteiger partial charge in [0, 0.05) is 23.1 Å². The van der Waals surface area contributed by atoms with Gasteiger partial charge in [0.05, 0.1) is 4.92 Å². The van der Waals surface area contributed by atoms with Crippen molar-refractivity contribution in [2.24, 2.45) is 0 Å². The molecule has 0 saturated heterocycles. The minimum absolute atomic E-state index is 0.130. The zero-order valence-corrected chi connectivity index (χ0v) is 12.3. The molecule has 0 unspecified atom stereocenters. The van der Waals surface area contributed by atoms with Gasteiger partial charge in [0.25, 0.3) is 5.69 Å². The Morgan fingerprint density at radius 2 is 1.86 bits per heavy atom. The number of benzene rings is 2. The van der Waals surface area contributed by atoms with Crippen LogP contribution in [0.3, 0.4) is 0 Å². The van der Waals surface area contributed by atoms with Crippen molar-refractivity contribution >= 4 is 29.0 Å². The molecule has 0 aliphatic carbocycles. The van der Waals surface area contributed by atoms with Gasteiger partial charge in [-0.2, -0.15) is 0 Å².